The van der Waals surface area contributed by atoms with Gasteiger partial charge in [-0.15, -0.1) is 0 Å². The number of phenolic OH excluding ortho intramolecular Hbond substituents is 1. The zero-order valence-electron chi connectivity index (χ0n) is 7.69. The number of benzene rings is 1. The molecule has 1 aromatic rings. The average Bonchev–Trinajstić information content (AvgIpc) is 2.03. The first kappa shape index (κ1) is 13.4. The van der Waals surface area contributed by atoms with Gasteiger partial charge in [-0.2, -0.15) is 0 Å². The molecule has 0 radical (unpaired) electrons. The summed E-state index contributed by atoms with van der Waals surface area (Å²) in [6.45, 7) is 1.12. The van der Waals surface area contributed by atoms with E-state index in [0.717, 1.165) is 6.92 Å². The molecule has 0 saturated carbocycles. The number of carbonyl (C=O) groups excluding carboxylic acids is 2. The summed E-state index contributed by atoms with van der Waals surface area (Å²) in [4.78, 5) is 21.5. The van der Waals surface area contributed by atoms with Gasteiger partial charge in [-0.25, -0.2) is 4.79 Å². The van der Waals surface area contributed by atoms with Crippen LogP contribution < -0.4 is 0 Å². The Morgan fingerprint density at radius 1 is 1.29 bits per heavy atom. The van der Waals surface area contributed by atoms with Crippen molar-refractivity contribution in [3.05, 3.63) is 29.8 Å². The van der Waals surface area contributed by atoms with Crippen molar-refractivity contribution in [1.82, 2.24) is 0 Å². The van der Waals surface area contributed by atoms with Gasteiger partial charge in [0.1, 0.15) is 11.3 Å². The minimum absolute atomic E-state index is 0. The second-order valence-corrected chi connectivity index (χ2v) is 2.40. The van der Waals surface area contributed by atoms with E-state index in [1.54, 1.807) is 12.1 Å². The second kappa shape index (κ2) is 6.01. The first-order valence-corrected chi connectivity index (χ1v) is 3.62. The quantitative estimate of drug-likeness (QED) is 0.430. The summed E-state index contributed by atoms with van der Waals surface area (Å²) in [5.41, 5.74) is -0.0160. The standard InChI is InChI=1S/C9H8O4.Ca/c1-6(10)13-9(12)7-4-2-3-5-8(7)11;/h2-5,11H,1H3;/q;+2. The predicted molar refractivity (Wildman–Crippen MR) is 50.0 cm³/mol. The van der Waals surface area contributed by atoms with Gasteiger partial charge in [-0.3, -0.25) is 4.79 Å². The molecule has 0 spiro atoms. The molecule has 0 aliphatic heterocycles. The van der Waals surface area contributed by atoms with E-state index in [-0.39, 0.29) is 49.1 Å². The molecule has 0 aliphatic rings. The molecule has 1 N–H and O–H groups in total. The monoisotopic (exact) mass is 220 g/mol. The van der Waals surface area contributed by atoms with E-state index in [4.69, 9.17) is 0 Å². The van der Waals surface area contributed by atoms with E-state index in [1.807, 2.05) is 0 Å². The smallest absolute Gasteiger partial charge is 0.507 e. The topological polar surface area (TPSA) is 63.6 Å². The second-order valence-electron chi connectivity index (χ2n) is 2.40. The minimum atomic E-state index is -0.842. The molecule has 4 nitrogen and oxygen atoms in total. The van der Waals surface area contributed by atoms with Crippen molar-refractivity contribution in [3.63, 3.8) is 0 Å². The number of aromatic hydroxyl groups is 1. The molecule has 0 aromatic heterocycles. The number of hydrogen-bond acceptors (Lipinski definition) is 4. The van der Waals surface area contributed by atoms with E-state index < -0.39 is 11.9 Å². The summed E-state index contributed by atoms with van der Waals surface area (Å²) >= 11 is 0. The van der Waals surface area contributed by atoms with Gasteiger partial charge in [0.2, 0.25) is 0 Å². The molecule has 0 fully saturated rings. The fraction of sp³-hybridized carbons (Fsp3) is 0.111. The van der Waals surface area contributed by atoms with Crippen LogP contribution in [-0.2, 0) is 9.53 Å². The maximum absolute atomic E-state index is 11.1. The van der Waals surface area contributed by atoms with Crippen LogP contribution in [-0.4, -0.2) is 54.8 Å². The molecular weight excluding hydrogens is 212 g/mol. The molecule has 0 saturated heterocycles. The predicted octanol–water partition coefficient (Wildman–Crippen LogP) is 0.715. The van der Waals surface area contributed by atoms with Crippen LogP contribution in [0.3, 0.4) is 0 Å². The molecule has 0 atom stereocenters. The molecule has 68 valence electrons. The van der Waals surface area contributed by atoms with Gasteiger partial charge in [0.05, 0.1) is 0 Å². The number of ether oxygens (including phenoxy) is 1. The van der Waals surface area contributed by atoms with Crippen molar-refractivity contribution in [1.29, 1.82) is 0 Å². The first-order valence-electron chi connectivity index (χ1n) is 3.62. The maximum Gasteiger partial charge on any atom is 2.00 e. The Kier molecular flexibility index (Phi) is 5.76. The van der Waals surface area contributed by atoms with Gasteiger partial charge in [0, 0.05) is 6.92 Å². The van der Waals surface area contributed by atoms with Gasteiger partial charge < -0.3 is 9.84 Å². The van der Waals surface area contributed by atoms with Crippen molar-refractivity contribution in [2.75, 3.05) is 0 Å². The van der Waals surface area contributed by atoms with Gasteiger partial charge in [-0.1, -0.05) is 12.1 Å². The number of rotatable bonds is 1. The maximum atomic E-state index is 11.1. The van der Waals surface area contributed by atoms with Crippen LogP contribution in [0.15, 0.2) is 24.3 Å². The number of para-hydroxylation sites is 1. The van der Waals surface area contributed by atoms with Crippen LogP contribution >= 0.6 is 0 Å². The van der Waals surface area contributed by atoms with Crippen molar-refractivity contribution in [2.45, 2.75) is 6.92 Å². The van der Waals surface area contributed by atoms with E-state index in [0.29, 0.717) is 0 Å². The zero-order valence-corrected chi connectivity index (χ0v) is 9.90. The van der Waals surface area contributed by atoms with Crippen molar-refractivity contribution >= 4 is 49.7 Å². The summed E-state index contributed by atoms with van der Waals surface area (Å²) in [5, 5.41) is 9.18. The van der Waals surface area contributed by atoms with E-state index in [1.165, 1.54) is 12.1 Å². The van der Waals surface area contributed by atoms with Crippen molar-refractivity contribution in [3.8, 4) is 5.75 Å². The van der Waals surface area contributed by atoms with E-state index in [9.17, 15) is 14.7 Å². The normalized spacial score (nSPS) is 8.64. The molecule has 5 heteroatoms. The number of phenols is 1. The third-order valence-electron chi connectivity index (χ3n) is 1.36. The Labute approximate surface area is 111 Å². The molecule has 0 amide bonds. The zero-order chi connectivity index (χ0) is 9.84. The fourth-order valence-corrected chi connectivity index (χ4v) is 0.832. The average molecular weight is 220 g/mol. The molecule has 0 heterocycles. The largest absolute Gasteiger partial charge is 2.00 e. The van der Waals surface area contributed by atoms with Gasteiger partial charge in [0.15, 0.2) is 0 Å². The summed E-state index contributed by atoms with van der Waals surface area (Å²) in [6, 6.07) is 5.85. The van der Waals surface area contributed by atoms with Crippen LogP contribution in [0.5, 0.6) is 5.75 Å². The van der Waals surface area contributed by atoms with Gasteiger partial charge >= 0.3 is 49.7 Å². The summed E-state index contributed by atoms with van der Waals surface area (Å²) in [5.74, 6) is -1.74. The van der Waals surface area contributed by atoms with Crippen LogP contribution in [0.2, 0.25) is 0 Å². The molecule has 1 aromatic carbocycles. The Balaban J connectivity index is 0.00000169. The van der Waals surface area contributed by atoms with Crippen molar-refractivity contribution in [2.24, 2.45) is 0 Å². The first-order chi connectivity index (χ1) is 6.11. The van der Waals surface area contributed by atoms with E-state index in [2.05, 4.69) is 4.74 Å². The summed E-state index contributed by atoms with van der Waals surface area (Å²) < 4.78 is 4.28. The number of esters is 2. The Morgan fingerprint density at radius 3 is 2.36 bits per heavy atom. The molecule has 0 aliphatic carbocycles. The van der Waals surface area contributed by atoms with Gasteiger partial charge in [-0.05, 0) is 12.1 Å². The van der Waals surface area contributed by atoms with Crippen molar-refractivity contribution < 1.29 is 19.4 Å². The Bertz CT molecular complexity index is 348. The SMILES string of the molecule is CC(=O)OC(=O)c1ccccc1O.[Ca+2]. The molecule has 14 heavy (non-hydrogen) atoms. The molecule has 0 bridgehead atoms. The van der Waals surface area contributed by atoms with Crippen LogP contribution in [0, 0.1) is 0 Å². The number of hydrogen-bond donors (Lipinski definition) is 1. The van der Waals surface area contributed by atoms with Crippen LogP contribution in [0.25, 0.3) is 0 Å². The molecule has 1 rings (SSSR count). The van der Waals surface area contributed by atoms with Crippen LogP contribution in [0.4, 0.5) is 0 Å². The van der Waals surface area contributed by atoms with Gasteiger partial charge in [0.25, 0.3) is 0 Å². The minimum Gasteiger partial charge on any atom is -0.507 e. The third-order valence-corrected chi connectivity index (χ3v) is 1.36. The molecular formula is C9H8CaO4+2. The van der Waals surface area contributed by atoms with Crippen LogP contribution in [0.1, 0.15) is 17.3 Å². The summed E-state index contributed by atoms with van der Waals surface area (Å²) in [6.07, 6.45) is 0. The van der Waals surface area contributed by atoms with E-state index >= 15 is 0 Å². The number of carbonyl (C=O) groups is 2. The molecule has 0 unspecified atom stereocenters. The summed E-state index contributed by atoms with van der Waals surface area (Å²) in [7, 11) is 0. The third kappa shape index (κ3) is 3.65. The Morgan fingerprint density at radius 2 is 1.86 bits per heavy atom. The fourth-order valence-electron chi connectivity index (χ4n) is 0.832. The Hall–Kier alpha value is -0.580.